The Morgan fingerprint density at radius 2 is 1.58 bits per heavy atom. The van der Waals surface area contributed by atoms with Crippen molar-refractivity contribution in [1.29, 1.82) is 0 Å². The summed E-state index contributed by atoms with van der Waals surface area (Å²) in [6.07, 6.45) is 0.969. The molecule has 0 saturated carbocycles. The Kier molecular flexibility index (Phi) is 6.10. The van der Waals surface area contributed by atoms with Gasteiger partial charge in [0.25, 0.3) is 10.0 Å². The number of aryl methyl sites for hydroxylation is 1. The molecule has 0 fully saturated rings. The van der Waals surface area contributed by atoms with Crippen molar-refractivity contribution in [1.82, 2.24) is 4.72 Å². The molecular formula is C18H24N2O4S2. The third kappa shape index (κ3) is 4.44. The van der Waals surface area contributed by atoms with Crippen LogP contribution in [0.5, 0.6) is 0 Å². The van der Waals surface area contributed by atoms with E-state index in [-0.39, 0.29) is 15.5 Å². The molecule has 142 valence electrons. The Bertz CT molecular complexity index is 982. The van der Waals surface area contributed by atoms with E-state index in [2.05, 4.69) is 23.3 Å². The Labute approximate surface area is 155 Å². The van der Waals surface area contributed by atoms with E-state index in [9.17, 15) is 16.8 Å². The minimum Gasteiger partial charge on any atom is -0.280 e. The molecule has 0 aliphatic rings. The fraction of sp³-hybridized carbons (Fsp3) is 0.333. The van der Waals surface area contributed by atoms with E-state index in [4.69, 9.17) is 0 Å². The normalized spacial score (nSPS) is 13.4. The zero-order valence-electron chi connectivity index (χ0n) is 15.3. The van der Waals surface area contributed by atoms with Crippen molar-refractivity contribution < 1.29 is 16.8 Å². The van der Waals surface area contributed by atoms with Gasteiger partial charge in [0.05, 0.1) is 15.5 Å². The summed E-state index contributed by atoms with van der Waals surface area (Å²) in [6, 6.07) is 11.1. The van der Waals surface area contributed by atoms with Crippen LogP contribution < -0.4 is 9.44 Å². The summed E-state index contributed by atoms with van der Waals surface area (Å²) in [6.45, 7) is 5.80. The monoisotopic (exact) mass is 396 g/mol. The molecule has 0 aromatic heterocycles. The molecule has 0 bridgehead atoms. The lowest BCUT2D eigenvalue weighted by Gasteiger charge is -2.13. The van der Waals surface area contributed by atoms with Gasteiger partial charge in [0.15, 0.2) is 0 Å². The lowest BCUT2D eigenvalue weighted by Crippen LogP contribution is -2.20. The van der Waals surface area contributed by atoms with E-state index in [1.807, 2.05) is 0 Å². The maximum absolute atomic E-state index is 12.6. The SMILES string of the molecule is CC[C@H](C)c1ccc(S(=O)(=O)Nc2ccc(C)c(S(=O)(=O)NC)c2)cc1. The first kappa shape index (κ1) is 20.4. The molecule has 0 amide bonds. The summed E-state index contributed by atoms with van der Waals surface area (Å²) in [5.41, 5.74) is 1.79. The lowest BCUT2D eigenvalue weighted by molar-refractivity contribution is 0.587. The summed E-state index contributed by atoms with van der Waals surface area (Å²) in [4.78, 5) is 0.162. The Hall–Kier alpha value is -1.90. The van der Waals surface area contributed by atoms with E-state index < -0.39 is 20.0 Å². The zero-order chi connectivity index (χ0) is 19.5. The van der Waals surface area contributed by atoms with Gasteiger partial charge >= 0.3 is 0 Å². The van der Waals surface area contributed by atoms with Gasteiger partial charge in [0.1, 0.15) is 0 Å². The summed E-state index contributed by atoms with van der Waals surface area (Å²) in [7, 11) is -6.17. The van der Waals surface area contributed by atoms with Gasteiger partial charge in [-0.2, -0.15) is 0 Å². The summed E-state index contributed by atoms with van der Waals surface area (Å²) in [5.74, 6) is 0.353. The maximum Gasteiger partial charge on any atom is 0.261 e. The molecule has 0 spiro atoms. The second kappa shape index (κ2) is 7.77. The van der Waals surface area contributed by atoms with Crippen LogP contribution in [-0.4, -0.2) is 23.9 Å². The standard InChI is InChI=1S/C18H24N2O4S2/c1-5-13(2)15-7-10-17(11-8-15)25(21,22)20-16-9-6-14(3)18(12-16)26(23,24)19-4/h6-13,19-20H,5H2,1-4H3/t13-/m0/s1. The molecule has 2 aromatic carbocycles. The number of benzene rings is 2. The van der Waals surface area contributed by atoms with E-state index in [0.717, 1.165) is 12.0 Å². The van der Waals surface area contributed by atoms with Crippen molar-refractivity contribution in [3.8, 4) is 0 Å². The highest BCUT2D eigenvalue weighted by molar-refractivity contribution is 7.92. The molecule has 0 heterocycles. The first-order chi connectivity index (χ1) is 12.1. The van der Waals surface area contributed by atoms with Gasteiger partial charge in [0.2, 0.25) is 10.0 Å². The molecule has 0 unspecified atom stereocenters. The topological polar surface area (TPSA) is 92.3 Å². The molecule has 0 saturated heterocycles. The van der Waals surface area contributed by atoms with Gasteiger partial charge in [-0.1, -0.05) is 32.0 Å². The van der Waals surface area contributed by atoms with Gasteiger partial charge in [-0.25, -0.2) is 21.6 Å². The molecule has 2 N–H and O–H groups in total. The van der Waals surface area contributed by atoms with E-state index in [1.54, 1.807) is 37.3 Å². The summed E-state index contributed by atoms with van der Waals surface area (Å²) >= 11 is 0. The second-order valence-corrected chi connectivity index (χ2v) is 9.71. The molecule has 6 nitrogen and oxygen atoms in total. The smallest absolute Gasteiger partial charge is 0.261 e. The van der Waals surface area contributed by atoms with Gasteiger partial charge < -0.3 is 0 Å². The van der Waals surface area contributed by atoms with Crippen LogP contribution in [0.3, 0.4) is 0 Å². The van der Waals surface area contributed by atoms with Crippen molar-refractivity contribution in [3.63, 3.8) is 0 Å². The largest absolute Gasteiger partial charge is 0.280 e. The van der Waals surface area contributed by atoms with E-state index >= 15 is 0 Å². The van der Waals surface area contributed by atoms with Gasteiger partial charge in [-0.3, -0.25) is 4.72 Å². The highest BCUT2D eigenvalue weighted by Crippen LogP contribution is 2.24. The summed E-state index contributed by atoms with van der Waals surface area (Å²) in [5, 5.41) is 0. The average molecular weight is 397 g/mol. The fourth-order valence-corrected chi connectivity index (χ4v) is 4.53. The first-order valence-corrected chi connectivity index (χ1v) is 11.2. The van der Waals surface area contributed by atoms with Crippen LogP contribution in [0.15, 0.2) is 52.3 Å². The molecule has 2 aromatic rings. The van der Waals surface area contributed by atoms with Crippen LogP contribution in [0.25, 0.3) is 0 Å². The number of rotatable bonds is 7. The van der Waals surface area contributed by atoms with Crippen molar-refractivity contribution in [2.45, 2.75) is 42.9 Å². The molecule has 8 heteroatoms. The minimum atomic E-state index is -3.81. The predicted molar refractivity (Wildman–Crippen MR) is 103 cm³/mol. The average Bonchev–Trinajstić information content (AvgIpc) is 2.62. The number of hydrogen-bond acceptors (Lipinski definition) is 4. The maximum atomic E-state index is 12.6. The van der Waals surface area contributed by atoms with Crippen molar-refractivity contribution >= 4 is 25.7 Å². The number of anilines is 1. The van der Waals surface area contributed by atoms with Crippen molar-refractivity contribution in [3.05, 3.63) is 53.6 Å². The fourth-order valence-electron chi connectivity index (χ4n) is 2.49. The molecule has 0 aliphatic heterocycles. The molecule has 2 rings (SSSR count). The minimum absolute atomic E-state index is 0.0346. The predicted octanol–water partition coefficient (Wildman–Crippen LogP) is 3.22. The molecule has 0 aliphatic carbocycles. The quantitative estimate of drug-likeness (QED) is 0.752. The Morgan fingerprint density at radius 3 is 2.12 bits per heavy atom. The van der Waals surface area contributed by atoms with Gasteiger partial charge in [0, 0.05) is 0 Å². The molecule has 0 radical (unpaired) electrons. The van der Waals surface area contributed by atoms with E-state index in [1.165, 1.54) is 19.2 Å². The zero-order valence-corrected chi connectivity index (χ0v) is 16.9. The van der Waals surface area contributed by atoms with Crippen LogP contribution in [0.1, 0.15) is 37.3 Å². The van der Waals surface area contributed by atoms with Crippen LogP contribution >= 0.6 is 0 Å². The summed E-state index contributed by atoms with van der Waals surface area (Å²) < 4.78 is 54.0. The van der Waals surface area contributed by atoms with Crippen LogP contribution in [0, 0.1) is 6.92 Å². The second-order valence-electron chi connectivity index (χ2n) is 6.17. The van der Waals surface area contributed by atoms with Gasteiger partial charge in [-0.15, -0.1) is 0 Å². The highest BCUT2D eigenvalue weighted by Gasteiger charge is 2.19. The number of hydrogen-bond donors (Lipinski definition) is 2. The first-order valence-electron chi connectivity index (χ1n) is 8.27. The van der Waals surface area contributed by atoms with Gasteiger partial charge in [-0.05, 0) is 61.7 Å². The Morgan fingerprint density at radius 1 is 0.962 bits per heavy atom. The lowest BCUT2D eigenvalue weighted by atomic mass is 9.99. The molecular weight excluding hydrogens is 372 g/mol. The van der Waals surface area contributed by atoms with Crippen LogP contribution in [-0.2, 0) is 20.0 Å². The third-order valence-electron chi connectivity index (χ3n) is 4.37. The van der Waals surface area contributed by atoms with E-state index in [0.29, 0.717) is 11.5 Å². The third-order valence-corrected chi connectivity index (χ3v) is 7.32. The molecule has 26 heavy (non-hydrogen) atoms. The molecule has 1 atom stereocenters. The van der Waals surface area contributed by atoms with Crippen LogP contribution in [0.2, 0.25) is 0 Å². The number of nitrogens with one attached hydrogen (secondary N) is 2. The van der Waals surface area contributed by atoms with Crippen LogP contribution in [0.4, 0.5) is 5.69 Å². The number of sulfonamides is 2. The van der Waals surface area contributed by atoms with Crippen molar-refractivity contribution in [2.75, 3.05) is 11.8 Å². The highest BCUT2D eigenvalue weighted by atomic mass is 32.2. The van der Waals surface area contributed by atoms with Crippen molar-refractivity contribution in [2.24, 2.45) is 0 Å². The Balaban J connectivity index is 2.34.